The summed E-state index contributed by atoms with van der Waals surface area (Å²) in [6.45, 7) is 5.87. The molecule has 0 aromatic heterocycles. The summed E-state index contributed by atoms with van der Waals surface area (Å²) in [5.41, 5.74) is 2.47. The molecular weight excluding hydrogens is 264 g/mol. The quantitative estimate of drug-likeness (QED) is 0.921. The molecule has 1 amide bonds. The molecule has 1 N–H and O–H groups in total. The van der Waals surface area contributed by atoms with Crippen LogP contribution in [0.15, 0.2) is 24.3 Å². The van der Waals surface area contributed by atoms with E-state index in [0.717, 1.165) is 19.6 Å². The van der Waals surface area contributed by atoms with Crippen molar-refractivity contribution in [3.63, 3.8) is 0 Å². The zero-order chi connectivity index (χ0) is 14.7. The molecule has 2 fully saturated rings. The Balaban J connectivity index is 1.66. The van der Waals surface area contributed by atoms with Gasteiger partial charge in [0.2, 0.25) is 5.91 Å². The fourth-order valence-corrected chi connectivity index (χ4v) is 3.27. The number of piperidine rings is 1. The van der Waals surface area contributed by atoms with Crippen molar-refractivity contribution in [1.82, 2.24) is 10.2 Å². The minimum atomic E-state index is 0.110. The number of amides is 1. The van der Waals surface area contributed by atoms with E-state index in [9.17, 15) is 4.79 Å². The van der Waals surface area contributed by atoms with E-state index in [1.807, 2.05) is 17.0 Å². The average molecular weight is 288 g/mol. The molecule has 0 spiro atoms. The first-order valence-electron chi connectivity index (χ1n) is 7.88. The molecule has 3 rings (SSSR count). The fraction of sp³-hybridized carbons (Fsp3) is 0.588. The van der Waals surface area contributed by atoms with Gasteiger partial charge in [-0.1, -0.05) is 24.3 Å². The summed E-state index contributed by atoms with van der Waals surface area (Å²) in [6, 6.07) is 8.28. The van der Waals surface area contributed by atoms with Crippen LogP contribution in [0.5, 0.6) is 0 Å². The van der Waals surface area contributed by atoms with Crippen molar-refractivity contribution in [1.29, 1.82) is 0 Å². The molecule has 2 saturated heterocycles. The van der Waals surface area contributed by atoms with Crippen LogP contribution in [0, 0.1) is 12.8 Å². The van der Waals surface area contributed by atoms with Gasteiger partial charge in [-0.2, -0.15) is 0 Å². The molecule has 1 aromatic rings. The first-order valence-corrected chi connectivity index (χ1v) is 7.88. The van der Waals surface area contributed by atoms with Crippen LogP contribution < -0.4 is 5.32 Å². The van der Waals surface area contributed by atoms with Gasteiger partial charge in [0.05, 0.1) is 6.10 Å². The highest BCUT2D eigenvalue weighted by Gasteiger charge is 2.32. The Morgan fingerprint density at radius 3 is 3.00 bits per heavy atom. The zero-order valence-electron chi connectivity index (χ0n) is 12.7. The lowest BCUT2D eigenvalue weighted by Gasteiger charge is -2.38. The van der Waals surface area contributed by atoms with Gasteiger partial charge in [0.25, 0.3) is 0 Å². The number of rotatable bonds is 3. The van der Waals surface area contributed by atoms with Gasteiger partial charge in [0.15, 0.2) is 0 Å². The summed E-state index contributed by atoms with van der Waals surface area (Å²) in [6.07, 6.45) is 2.58. The Morgan fingerprint density at radius 2 is 2.24 bits per heavy atom. The maximum atomic E-state index is 12.1. The van der Waals surface area contributed by atoms with Crippen LogP contribution in [0.25, 0.3) is 0 Å². The summed E-state index contributed by atoms with van der Waals surface area (Å²) in [5, 5.41) is 3.43. The van der Waals surface area contributed by atoms with Gasteiger partial charge < -0.3 is 15.0 Å². The number of carbonyl (C=O) groups excluding carboxylic acids is 1. The topological polar surface area (TPSA) is 41.6 Å². The largest absolute Gasteiger partial charge is 0.366 e. The van der Waals surface area contributed by atoms with Crippen LogP contribution >= 0.6 is 0 Å². The first-order chi connectivity index (χ1) is 10.2. The maximum Gasteiger partial charge on any atom is 0.248 e. The smallest absolute Gasteiger partial charge is 0.248 e. The van der Waals surface area contributed by atoms with Gasteiger partial charge in [0, 0.05) is 19.6 Å². The van der Waals surface area contributed by atoms with Crippen molar-refractivity contribution in [2.75, 3.05) is 26.2 Å². The van der Waals surface area contributed by atoms with Gasteiger partial charge in [-0.25, -0.2) is 0 Å². The second-order valence-corrected chi connectivity index (χ2v) is 6.16. The molecule has 2 heterocycles. The van der Waals surface area contributed by atoms with E-state index in [-0.39, 0.29) is 18.6 Å². The number of morpholine rings is 1. The highest BCUT2D eigenvalue weighted by molar-refractivity contribution is 5.78. The lowest BCUT2D eigenvalue weighted by Crippen LogP contribution is -2.51. The molecule has 4 heteroatoms. The van der Waals surface area contributed by atoms with Gasteiger partial charge >= 0.3 is 0 Å². The second kappa shape index (κ2) is 6.58. The predicted molar refractivity (Wildman–Crippen MR) is 81.9 cm³/mol. The van der Waals surface area contributed by atoms with Crippen molar-refractivity contribution in [2.24, 2.45) is 5.92 Å². The number of ether oxygens (including phenoxy) is 1. The lowest BCUT2D eigenvalue weighted by molar-refractivity contribution is -0.153. The van der Waals surface area contributed by atoms with Crippen molar-refractivity contribution in [2.45, 2.75) is 32.4 Å². The van der Waals surface area contributed by atoms with Crippen LogP contribution in [0.4, 0.5) is 0 Å². The van der Waals surface area contributed by atoms with Gasteiger partial charge in [-0.05, 0) is 43.4 Å². The summed E-state index contributed by atoms with van der Waals surface area (Å²) in [7, 11) is 0. The summed E-state index contributed by atoms with van der Waals surface area (Å²) < 4.78 is 5.80. The number of nitrogens with zero attached hydrogens (tertiary/aromatic N) is 1. The van der Waals surface area contributed by atoms with Crippen LogP contribution in [0.3, 0.4) is 0 Å². The summed E-state index contributed by atoms with van der Waals surface area (Å²) >= 11 is 0. The number of nitrogens with one attached hydrogen (secondary N) is 1. The lowest BCUT2D eigenvalue weighted by atomic mass is 9.92. The van der Waals surface area contributed by atoms with E-state index < -0.39 is 0 Å². The van der Waals surface area contributed by atoms with E-state index in [1.54, 1.807) is 0 Å². The maximum absolute atomic E-state index is 12.1. The first kappa shape index (κ1) is 14.5. The minimum absolute atomic E-state index is 0.110. The SMILES string of the molecule is Cc1ccccc1CN1CC(C2CCCNC2)OCC1=O. The van der Waals surface area contributed by atoms with Crippen LogP contribution in [0.1, 0.15) is 24.0 Å². The van der Waals surface area contributed by atoms with E-state index in [4.69, 9.17) is 4.74 Å². The predicted octanol–water partition coefficient (Wildman–Crippen LogP) is 1.72. The number of benzene rings is 1. The third-order valence-corrected chi connectivity index (χ3v) is 4.66. The molecule has 2 aliphatic rings. The Kier molecular flexibility index (Phi) is 4.56. The summed E-state index contributed by atoms with van der Waals surface area (Å²) in [4.78, 5) is 14.1. The van der Waals surface area contributed by atoms with Gasteiger partial charge in [-0.15, -0.1) is 0 Å². The highest BCUT2D eigenvalue weighted by Crippen LogP contribution is 2.22. The number of hydrogen-bond acceptors (Lipinski definition) is 3. The van der Waals surface area contributed by atoms with Crippen LogP contribution in [-0.4, -0.2) is 43.2 Å². The third-order valence-electron chi connectivity index (χ3n) is 4.66. The van der Waals surface area contributed by atoms with Crippen LogP contribution in [-0.2, 0) is 16.1 Å². The molecule has 21 heavy (non-hydrogen) atoms. The van der Waals surface area contributed by atoms with Gasteiger partial charge in [0.1, 0.15) is 6.61 Å². The molecule has 4 nitrogen and oxygen atoms in total. The summed E-state index contributed by atoms with van der Waals surface area (Å²) in [5.74, 6) is 0.643. The van der Waals surface area contributed by atoms with E-state index in [2.05, 4.69) is 24.4 Å². The molecule has 0 saturated carbocycles. The molecule has 2 unspecified atom stereocenters. The number of aryl methyl sites for hydroxylation is 1. The number of hydrogen-bond donors (Lipinski definition) is 1. The fourth-order valence-electron chi connectivity index (χ4n) is 3.27. The minimum Gasteiger partial charge on any atom is -0.366 e. The van der Waals surface area contributed by atoms with E-state index in [1.165, 1.54) is 24.0 Å². The molecule has 0 radical (unpaired) electrons. The third kappa shape index (κ3) is 3.44. The highest BCUT2D eigenvalue weighted by atomic mass is 16.5. The Bertz CT molecular complexity index is 497. The molecular formula is C17H24N2O2. The number of carbonyl (C=O) groups is 1. The van der Waals surface area contributed by atoms with Crippen molar-refractivity contribution in [3.8, 4) is 0 Å². The standard InChI is InChI=1S/C17H24N2O2/c1-13-5-2-3-6-15(13)10-19-11-16(21-12-17(19)20)14-7-4-8-18-9-14/h2-3,5-6,14,16,18H,4,7-12H2,1H3. The van der Waals surface area contributed by atoms with E-state index in [0.29, 0.717) is 12.5 Å². The second-order valence-electron chi connectivity index (χ2n) is 6.16. The van der Waals surface area contributed by atoms with Crippen molar-refractivity contribution >= 4 is 5.91 Å². The molecule has 0 bridgehead atoms. The Hall–Kier alpha value is -1.39. The molecule has 2 aliphatic heterocycles. The molecule has 2 atom stereocenters. The zero-order valence-corrected chi connectivity index (χ0v) is 12.7. The molecule has 1 aromatic carbocycles. The molecule has 0 aliphatic carbocycles. The average Bonchev–Trinajstić information content (AvgIpc) is 2.52. The Labute approximate surface area is 126 Å². The molecule has 114 valence electrons. The van der Waals surface area contributed by atoms with Crippen molar-refractivity contribution in [3.05, 3.63) is 35.4 Å². The van der Waals surface area contributed by atoms with Gasteiger partial charge in [-0.3, -0.25) is 4.79 Å². The van der Waals surface area contributed by atoms with E-state index >= 15 is 0 Å². The normalized spacial score (nSPS) is 26.9. The monoisotopic (exact) mass is 288 g/mol. The van der Waals surface area contributed by atoms with Crippen LogP contribution in [0.2, 0.25) is 0 Å². The van der Waals surface area contributed by atoms with Crippen molar-refractivity contribution < 1.29 is 9.53 Å². The Morgan fingerprint density at radius 1 is 1.38 bits per heavy atom.